The minimum Gasteiger partial charge on any atom is -0.330 e. The highest BCUT2D eigenvalue weighted by molar-refractivity contribution is 6.04. The summed E-state index contributed by atoms with van der Waals surface area (Å²) >= 11 is 0. The molecule has 2 aromatic carbocycles. The summed E-state index contributed by atoms with van der Waals surface area (Å²) in [5.41, 5.74) is 2.14. The van der Waals surface area contributed by atoms with E-state index in [1.165, 1.54) is 6.07 Å². The van der Waals surface area contributed by atoms with Gasteiger partial charge in [0.05, 0.1) is 11.6 Å². The molecule has 2 N–H and O–H groups in total. The number of hydrogen-bond donors (Lipinski definition) is 2. The zero-order chi connectivity index (χ0) is 17.7. The number of H-pyrrole nitrogens is 1. The molecule has 0 unspecified atom stereocenters. The average molecular weight is 387 g/mol. The van der Waals surface area contributed by atoms with Crippen molar-refractivity contribution in [2.75, 3.05) is 19.6 Å². The van der Waals surface area contributed by atoms with Crippen molar-refractivity contribution < 1.29 is 9.18 Å². The molecular formula is C20H20ClFN4O. The van der Waals surface area contributed by atoms with Crippen molar-refractivity contribution in [3.8, 4) is 0 Å². The Morgan fingerprint density at radius 3 is 2.85 bits per heavy atom. The SMILES string of the molecule is Cl.O=C(c1n[nH]c2ccccc12)N1C[C@@H]2CNC[C@@H]2[C@@H]1c1cccc(F)c1. The number of amides is 1. The lowest BCUT2D eigenvalue weighted by molar-refractivity contribution is 0.0709. The number of carbonyl (C=O) groups excluding carboxylic acids is 1. The van der Waals surface area contributed by atoms with E-state index < -0.39 is 0 Å². The fraction of sp³-hybridized carbons (Fsp3) is 0.300. The predicted octanol–water partition coefficient (Wildman–Crippen LogP) is 3.16. The van der Waals surface area contributed by atoms with Gasteiger partial charge in [0.1, 0.15) is 5.82 Å². The molecule has 3 atom stereocenters. The molecule has 3 aromatic rings. The molecule has 2 fully saturated rings. The van der Waals surface area contributed by atoms with Crippen LogP contribution in [-0.2, 0) is 0 Å². The molecule has 0 radical (unpaired) electrons. The van der Waals surface area contributed by atoms with Gasteiger partial charge in [0.2, 0.25) is 0 Å². The van der Waals surface area contributed by atoms with Gasteiger partial charge in [-0.05, 0) is 29.7 Å². The second-order valence-corrected chi connectivity index (χ2v) is 7.16. The van der Waals surface area contributed by atoms with Gasteiger partial charge in [-0.15, -0.1) is 12.4 Å². The number of nitrogens with zero attached hydrogens (tertiary/aromatic N) is 2. The van der Waals surface area contributed by atoms with Crippen LogP contribution in [0.25, 0.3) is 10.9 Å². The number of rotatable bonds is 2. The minimum atomic E-state index is -0.269. The number of nitrogens with one attached hydrogen (secondary N) is 2. The first-order chi connectivity index (χ1) is 12.7. The van der Waals surface area contributed by atoms with Gasteiger partial charge in [-0.25, -0.2) is 4.39 Å². The lowest BCUT2D eigenvalue weighted by atomic mass is 9.89. The molecule has 0 spiro atoms. The highest BCUT2D eigenvalue weighted by Crippen LogP contribution is 2.43. The number of aromatic amines is 1. The van der Waals surface area contributed by atoms with Crippen LogP contribution in [0.1, 0.15) is 22.1 Å². The Morgan fingerprint density at radius 2 is 2.00 bits per heavy atom. The molecule has 1 aromatic heterocycles. The van der Waals surface area contributed by atoms with E-state index in [4.69, 9.17) is 0 Å². The Hall–Kier alpha value is -2.44. The van der Waals surface area contributed by atoms with Crippen LogP contribution >= 0.6 is 12.4 Å². The van der Waals surface area contributed by atoms with Crippen molar-refractivity contribution in [2.24, 2.45) is 11.8 Å². The van der Waals surface area contributed by atoms with Crippen LogP contribution in [0.2, 0.25) is 0 Å². The first-order valence-electron chi connectivity index (χ1n) is 8.92. The Morgan fingerprint density at radius 1 is 1.15 bits per heavy atom. The van der Waals surface area contributed by atoms with E-state index >= 15 is 0 Å². The van der Waals surface area contributed by atoms with Crippen LogP contribution in [0.15, 0.2) is 48.5 Å². The smallest absolute Gasteiger partial charge is 0.275 e. The van der Waals surface area contributed by atoms with Gasteiger partial charge in [-0.1, -0.05) is 30.3 Å². The monoisotopic (exact) mass is 386 g/mol. The van der Waals surface area contributed by atoms with Crippen LogP contribution in [0.3, 0.4) is 0 Å². The van der Waals surface area contributed by atoms with E-state index in [9.17, 15) is 9.18 Å². The zero-order valence-corrected chi connectivity index (χ0v) is 15.4. The molecule has 5 nitrogen and oxygen atoms in total. The van der Waals surface area contributed by atoms with Crippen molar-refractivity contribution >= 4 is 29.2 Å². The maximum absolute atomic E-state index is 13.8. The number of hydrogen-bond acceptors (Lipinski definition) is 3. The molecular weight excluding hydrogens is 367 g/mol. The van der Waals surface area contributed by atoms with Gasteiger partial charge in [0.15, 0.2) is 5.69 Å². The number of likely N-dealkylation sites (tertiary alicyclic amines) is 1. The van der Waals surface area contributed by atoms with Crippen LogP contribution < -0.4 is 5.32 Å². The molecule has 3 heterocycles. The largest absolute Gasteiger partial charge is 0.330 e. The summed E-state index contributed by atoms with van der Waals surface area (Å²) < 4.78 is 13.8. The first-order valence-corrected chi connectivity index (χ1v) is 8.92. The molecule has 1 amide bonds. The quantitative estimate of drug-likeness (QED) is 0.711. The summed E-state index contributed by atoms with van der Waals surface area (Å²) in [6.07, 6.45) is 0. The Kier molecular flexibility index (Phi) is 4.61. The number of halogens is 2. The summed E-state index contributed by atoms with van der Waals surface area (Å²) in [6.45, 7) is 2.40. The molecule has 0 saturated carbocycles. The van der Waals surface area contributed by atoms with Crippen LogP contribution in [0.5, 0.6) is 0 Å². The molecule has 2 saturated heterocycles. The molecule has 140 valence electrons. The van der Waals surface area contributed by atoms with Gasteiger partial charge in [-0.2, -0.15) is 5.10 Å². The predicted molar refractivity (Wildman–Crippen MR) is 103 cm³/mol. The van der Waals surface area contributed by atoms with Crippen molar-refractivity contribution in [1.82, 2.24) is 20.4 Å². The molecule has 5 rings (SSSR count). The molecule has 7 heteroatoms. The number of fused-ring (bicyclic) bond motifs is 2. The van der Waals surface area contributed by atoms with Crippen LogP contribution in [0.4, 0.5) is 4.39 Å². The molecule has 27 heavy (non-hydrogen) atoms. The lowest BCUT2D eigenvalue weighted by Crippen LogP contribution is -2.35. The Labute approximate surface area is 162 Å². The van der Waals surface area contributed by atoms with Gasteiger partial charge in [-0.3, -0.25) is 9.89 Å². The maximum Gasteiger partial charge on any atom is 0.275 e. The topological polar surface area (TPSA) is 61.0 Å². The third kappa shape index (κ3) is 2.89. The number of aromatic nitrogens is 2. The van der Waals surface area contributed by atoms with E-state index in [0.29, 0.717) is 24.1 Å². The number of carbonyl (C=O) groups is 1. The Balaban J connectivity index is 0.00000180. The normalized spacial score (nSPS) is 24.0. The van der Waals surface area contributed by atoms with Crippen LogP contribution in [-0.4, -0.2) is 40.6 Å². The molecule has 2 aliphatic heterocycles. The van der Waals surface area contributed by atoms with E-state index in [2.05, 4.69) is 15.5 Å². The second-order valence-electron chi connectivity index (χ2n) is 7.16. The molecule has 2 aliphatic rings. The standard InChI is InChI=1S/C20H19FN4O.ClH/c21-14-5-3-4-12(8-14)19-16-10-22-9-13(16)11-25(19)20(26)18-15-6-1-2-7-17(15)23-24-18;/h1-8,13,16,19,22H,9-11H2,(H,23,24);1H/t13-,16-,19-;/m0./s1. The summed E-state index contributed by atoms with van der Waals surface area (Å²) in [6, 6.07) is 14.1. The van der Waals surface area contributed by atoms with E-state index in [1.807, 2.05) is 35.2 Å². The van der Waals surface area contributed by atoms with Crippen molar-refractivity contribution in [3.05, 3.63) is 65.6 Å². The van der Waals surface area contributed by atoms with Gasteiger partial charge >= 0.3 is 0 Å². The summed E-state index contributed by atoms with van der Waals surface area (Å²) in [5, 5.41) is 11.4. The third-order valence-corrected chi connectivity index (χ3v) is 5.69. The average Bonchev–Trinajstić information content (AvgIpc) is 3.34. The lowest BCUT2D eigenvalue weighted by Gasteiger charge is -2.28. The summed E-state index contributed by atoms with van der Waals surface area (Å²) in [7, 11) is 0. The highest BCUT2D eigenvalue weighted by Gasteiger charge is 2.47. The third-order valence-electron chi connectivity index (χ3n) is 5.69. The van der Waals surface area contributed by atoms with E-state index in [0.717, 1.165) is 29.6 Å². The minimum absolute atomic E-state index is 0. The van der Waals surface area contributed by atoms with Gasteiger partial charge < -0.3 is 10.2 Å². The summed E-state index contributed by atoms with van der Waals surface area (Å²) in [5.74, 6) is 0.323. The fourth-order valence-corrected chi connectivity index (χ4v) is 4.51. The number of benzene rings is 2. The molecule has 0 bridgehead atoms. The van der Waals surface area contributed by atoms with Crippen molar-refractivity contribution in [1.29, 1.82) is 0 Å². The Bertz CT molecular complexity index is 991. The zero-order valence-electron chi connectivity index (χ0n) is 14.6. The fourth-order valence-electron chi connectivity index (χ4n) is 4.51. The first kappa shape index (κ1) is 17.9. The van der Waals surface area contributed by atoms with Gasteiger partial charge in [0, 0.05) is 30.9 Å². The van der Waals surface area contributed by atoms with Crippen LogP contribution in [0, 0.1) is 17.7 Å². The van der Waals surface area contributed by atoms with E-state index in [1.54, 1.807) is 12.1 Å². The van der Waals surface area contributed by atoms with Gasteiger partial charge in [0.25, 0.3) is 5.91 Å². The molecule has 0 aliphatic carbocycles. The highest BCUT2D eigenvalue weighted by atomic mass is 35.5. The second kappa shape index (κ2) is 6.94. The maximum atomic E-state index is 13.8. The number of para-hydroxylation sites is 1. The van der Waals surface area contributed by atoms with E-state index in [-0.39, 0.29) is 30.2 Å². The van der Waals surface area contributed by atoms with Crippen molar-refractivity contribution in [3.63, 3.8) is 0 Å². The van der Waals surface area contributed by atoms with Crippen molar-refractivity contribution in [2.45, 2.75) is 6.04 Å². The summed E-state index contributed by atoms with van der Waals surface area (Å²) in [4.78, 5) is 15.2.